The van der Waals surface area contributed by atoms with Gasteiger partial charge in [-0.1, -0.05) is 31.2 Å². The second-order valence-electron chi connectivity index (χ2n) is 13.0. The number of esters is 1. The molecule has 2 aromatic rings. The van der Waals surface area contributed by atoms with Gasteiger partial charge in [0.1, 0.15) is 5.82 Å². The normalized spacial score (nSPS) is 34.2. The van der Waals surface area contributed by atoms with Crippen molar-refractivity contribution in [2.24, 2.45) is 28.6 Å². The Morgan fingerprint density at radius 2 is 2.02 bits per heavy atom. The van der Waals surface area contributed by atoms with Gasteiger partial charge in [0.15, 0.2) is 5.60 Å². The minimum atomic E-state index is -1.40. The number of thioether (sulfide) groups is 1. The fraction of sp³-hybridized carbons (Fsp3) is 0.576. The first kappa shape index (κ1) is 30.0. The summed E-state index contributed by atoms with van der Waals surface area (Å²) < 4.78 is 26.6. The zero-order valence-electron chi connectivity index (χ0n) is 24.8. The lowest BCUT2D eigenvalue weighted by Gasteiger charge is -2.60. The molecule has 1 aromatic carbocycles. The number of carbonyl (C=O) groups is 2. The number of allylic oxidation sites excluding steroid dienone is 1. The molecule has 4 aliphatic rings. The van der Waals surface area contributed by atoms with Gasteiger partial charge in [-0.3, -0.25) is 9.59 Å². The maximum atomic E-state index is 13.8. The van der Waals surface area contributed by atoms with Crippen LogP contribution in [-0.4, -0.2) is 57.1 Å². The number of rotatable bonds is 7. The molecule has 0 spiro atoms. The molecule has 7 atom stereocenters. The number of hydrogen-bond acceptors (Lipinski definition) is 8. The molecule has 228 valence electrons. The largest absolute Gasteiger partial charge is 0.449 e. The Morgan fingerprint density at radius 3 is 2.74 bits per heavy atom. The number of methoxy groups -OCH3 is 1. The number of carbonyl (C=O) groups excluding carboxylic acids is 2. The maximum absolute atomic E-state index is 13.8. The van der Waals surface area contributed by atoms with Crippen molar-refractivity contribution in [1.82, 2.24) is 9.78 Å². The van der Waals surface area contributed by atoms with Gasteiger partial charge in [-0.15, -0.1) is 0 Å². The second kappa shape index (κ2) is 11.2. The smallest absolute Gasteiger partial charge is 0.309 e. The van der Waals surface area contributed by atoms with Crippen LogP contribution in [0.5, 0.6) is 0 Å². The SMILES string of the molecule is COCCC(=O)O[C@]1(C(=O)SCC#N)CC[C@H]2[C@@H]3CCC4=Cc5c(cnn5-c5ccc(F)cc5)C[C@]4(C)[C@H]3[C@@H](O)C[C@@]21C. The molecule has 1 heterocycles. The van der Waals surface area contributed by atoms with E-state index in [1.807, 2.05) is 23.9 Å². The van der Waals surface area contributed by atoms with E-state index in [1.165, 1.54) is 24.8 Å². The number of aliphatic hydroxyl groups excluding tert-OH is 1. The molecule has 3 fully saturated rings. The minimum absolute atomic E-state index is 0.0221. The van der Waals surface area contributed by atoms with Gasteiger partial charge in [0.25, 0.3) is 0 Å². The van der Waals surface area contributed by atoms with E-state index in [0.717, 1.165) is 48.0 Å². The van der Waals surface area contributed by atoms with Crippen molar-refractivity contribution in [1.29, 1.82) is 5.26 Å². The average Bonchev–Trinajstić information content (AvgIpc) is 3.51. The number of hydrogen-bond donors (Lipinski definition) is 1. The van der Waals surface area contributed by atoms with E-state index in [4.69, 9.17) is 9.47 Å². The second-order valence-corrected chi connectivity index (χ2v) is 14.0. The lowest BCUT2D eigenvalue weighted by Crippen LogP contribution is -2.62. The molecule has 0 amide bonds. The van der Waals surface area contributed by atoms with E-state index in [-0.39, 0.29) is 52.9 Å². The molecule has 3 saturated carbocycles. The van der Waals surface area contributed by atoms with E-state index in [2.05, 4.69) is 18.1 Å². The Hall–Kier alpha value is -3.00. The van der Waals surface area contributed by atoms with Crippen LogP contribution in [0.2, 0.25) is 0 Å². The van der Waals surface area contributed by atoms with Gasteiger partial charge in [0, 0.05) is 12.5 Å². The molecule has 0 saturated heterocycles. The first-order valence-corrected chi connectivity index (χ1v) is 16.0. The topological polar surface area (TPSA) is 114 Å². The highest BCUT2D eigenvalue weighted by atomic mass is 32.2. The number of ether oxygens (including phenoxy) is 2. The summed E-state index contributed by atoms with van der Waals surface area (Å²) in [7, 11) is 1.51. The fourth-order valence-electron chi connectivity index (χ4n) is 9.15. The number of aromatic nitrogens is 2. The van der Waals surface area contributed by atoms with Crippen LogP contribution >= 0.6 is 11.8 Å². The molecule has 0 bridgehead atoms. The molecule has 8 nitrogen and oxygen atoms in total. The van der Waals surface area contributed by atoms with Crippen molar-refractivity contribution in [2.75, 3.05) is 19.5 Å². The highest BCUT2D eigenvalue weighted by molar-refractivity contribution is 8.14. The number of fused-ring (bicyclic) bond motifs is 6. The van der Waals surface area contributed by atoms with E-state index in [1.54, 1.807) is 12.1 Å². The summed E-state index contributed by atoms with van der Waals surface area (Å²) in [5.41, 5.74) is 1.70. The first-order valence-electron chi connectivity index (χ1n) is 15.0. The molecule has 4 aliphatic carbocycles. The van der Waals surface area contributed by atoms with E-state index in [0.29, 0.717) is 19.3 Å². The number of aliphatic hydroxyl groups is 1. The minimum Gasteiger partial charge on any atom is -0.449 e. The van der Waals surface area contributed by atoms with Crippen LogP contribution in [0.4, 0.5) is 4.39 Å². The summed E-state index contributed by atoms with van der Waals surface area (Å²) in [5, 5.41) is 25.6. The molecular weight excluding hydrogens is 569 g/mol. The summed E-state index contributed by atoms with van der Waals surface area (Å²) in [4.78, 5) is 26.8. The van der Waals surface area contributed by atoms with Gasteiger partial charge in [-0.25, -0.2) is 9.07 Å². The lowest BCUT2D eigenvalue weighted by atomic mass is 9.45. The third-order valence-corrected chi connectivity index (χ3v) is 11.9. The van der Waals surface area contributed by atoms with Crippen molar-refractivity contribution in [2.45, 2.75) is 70.5 Å². The van der Waals surface area contributed by atoms with Crippen molar-refractivity contribution in [3.05, 3.63) is 53.1 Å². The molecule has 1 N–H and O–H groups in total. The monoisotopic (exact) mass is 607 g/mol. The fourth-order valence-corrected chi connectivity index (χ4v) is 9.96. The van der Waals surface area contributed by atoms with Crippen LogP contribution in [0.3, 0.4) is 0 Å². The van der Waals surface area contributed by atoms with Gasteiger partial charge in [-0.05, 0) is 97.6 Å². The summed E-state index contributed by atoms with van der Waals surface area (Å²) in [5.74, 6) is -0.633. The van der Waals surface area contributed by atoms with Crippen LogP contribution < -0.4 is 0 Å². The Bertz CT molecular complexity index is 1500. The van der Waals surface area contributed by atoms with Crippen molar-refractivity contribution in [3.8, 4) is 11.8 Å². The van der Waals surface area contributed by atoms with Crippen LogP contribution in [0, 0.1) is 45.7 Å². The van der Waals surface area contributed by atoms with E-state index in [9.17, 15) is 24.3 Å². The van der Waals surface area contributed by atoms with Crippen LogP contribution in [-0.2, 0) is 25.5 Å². The van der Waals surface area contributed by atoms with Crippen LogP contribution in [0.15, 0.2) is 36.0 Å². The number of benzene rings is 1. The average molecular weight is 608 g/mol. The van der Waals surface area contributed by atoms with Gasteiger partial charge < -0.3 is 14.6 Å². The van der Waals surface area contributed by atoms with Gasteiger partial charge in [0.2, 0.25) is 5.12 Å². The number of halogens is 1. The third-order valence-electron chi connectivity index (χ3n) is 11.0. The zero-order valence-corrected chi connectivity index (χ0v) is 25.7. The maximum Gasteiger partial charge on any atom is 0.309 e. The van der Waals surface area contributed by atoms with Crippen LogP contribution in [0.25, 0.3) is 11.8 Å². The number of nitriles is 1. The molecular formula is C33H38FN3O5S. The van der Waals surface area contributed by atoms with E-state index >= 15 is 0 Å². The summed E-state index contributed by atoms with van der Waals surface area (Å²) in [6.07, 6.45) is 7.28. The third kappa shape index (κ3) is 4.66. The standard InChI is InChI=1S/C33H38FN3O5S/c1-31-17-20-19-36-37(23-7-5-22(34)6-8-23)26(20)16-21(31)4-9-24-25-10-12-33(30(40)43-15-13-35,42-28(39)11-14-41-3)32(25,2)18-27(38)29(24)31/h5-8,16,19,24-25,27,29,38H,4,9-12,14-15,17-18H2,1-3H3/t24-,25-,27-,29+,31-,32-,33-/m0/s1. The van der Waals surface area contributed by atoms with Crippen molar-refractivity contribution < 1.29 is 28.6 Å². The van der Waals surface area contributed by atoms with Crippen molar-refractivity contribution in [3.63, 3.8) is 0 Å². The summed E-state index contributed by atoms with van der Waals surface area (Å²) in [6.45, 7) is 4.45. The molecule has 10 heteroatoms. The summed E-state index contributed by atoms with van der Waals surface area (Å²) in [6, 6.07) is 8.34. The summed E-state index contributed by atoms with van der Waals surface area (Å²) >= 11 is 0.905. The number of nitrogens with zero attached hydrogens (tertiary/aromatic N) is 3. The Balaban J connectivity index is 1.33. The zero-order chi connectivity index (χ0) is 30.6. The molecule has 1 aromatic heterocycles. The Morgan fingerprint density at radius 1 is 1.26 bits per heavy atom. The first-order chi connectivity index (χ1) is 20.6. The predicted molar refractivity (Wildman–Crippen MR) is 159 cm³/mol. The highest BCUT2D eigenvalue weighted by Crippen LogP contribution is 2.68. The lowest BCUT2D eigenvalue weighted by molar-refractivity contribution is -0.197. The molecule has 6 rings (SSSR count). The predicted octanol–water partition coefficient (Wildman–Crippen LogP) is 5.27. The van der Waals surface area contributed by atoms with Crippen molar-refractivity contribution >= 4 is 28.9 Å². The van der Waals surface area contributed by atoms with Gasteiger partial charge in [-0.2, -0.15) is 10.4 Å². The molecule has 43 heavy (non-hydrogen) atoms. The van der Waals surface area contributed by atoms with Crippen LogP contribution in [0.1, 0.15) is 63.6 Å². The quantitative estimate of drug-likeness (QED) is 0.424. The van der Waals surface area contributed by atoms with Gasteiger partial charge in [0.05, 0.1) is 48.5 Å². The molecule has 0 aliphatic heterocycles. The molecule has 0 radical (unpaired) electrons. The highest BCUT2D eigenvalue weighted by Gasteiger charge is 2.70. The molecule has 0 unspecified atom stereocenters. The van der Waals surface area contributed by atoms with E-state index < -0.39 is 23.1 Å². The van der Waals surface area contributed by atoms with Gasteiger partial charge >= 0.3 is 5.97 Å². The Labute approximate surface area is 255 Å². The Kier molecular flexibility index (Phi) is 7.81.